The Kier molecular flexibility index (Phi) is 4.93. The second kappa shape index (κ2) is 7.29. The van der Waals surface area contributed by atoms with Crippen LogP contribution in [0.3, 0.4) is 0 Å². The summed E-state index contributed by atoms with van der Waals surface area (Å²) < 4.78 is 13.9. The molecule has 6 heteroatoms. The van der Waals surface area contributed by atoms with Crippen LogP contribution in [0.25, 0.3) is 0 Å². The van der Waals surface area contributed by atoms with Gasteiger partial charge in [-0.05, 0) is 36.6 Å². The van der Waals surface area contributed by atoms with Crippen molar-refractivity contribution in [1.29, 1.82) is 0 Å². The normalized spacial score (nSPS) is 16.9. The molecule has 0 aliphatic carbocycles. The van der Waals surface area contributed by atoms with E-state index in [0.29, 0.717) is 29.5 Å². The highest BCUT2D eigenvalue weighted by Crippen LogP contribution is 2.26. The number of nitrogens with one attached hydrogen (secondary N) is 2. The molecule has 3 rings (SSSR count). The van der Waals surface area contributed by atoms with Gasteiger partial charge in [0, 0.05) is 32.9 Å². The summed E-state index contributed by atoms with van der Waals surface area (Å²) in [7, 11) is 1.60. The lowest BCUT2D eigenvalue weighted by Gasteiger charge is -2.19. The van der Waals surface area contributed by atoms with Crippen LogP contribution in [0.1, 0.15) is 16.8 Å². The Morgan fingerprint density at radius 3 is 2.96 bits per heavy atom. The zero-order valence-electron chi connectivity index (χ0n) is 13.6. The highest BCUT2D eigenvalue weighted by atomic mass is 19.1. The number of aromatic nitrogens is 1. The zero-order chi connectivity index (χ0) is 16.9. The first-order valence-corrected chi connectivity index (χ1v) is 8.09. The van der Waals surface area contributed by atoms with Crippen molar-refractivity contribution in [3.05, 3.63) is 54.0 Å². The number of para-hydroxylation sites is 1. The molecule has 0 spiro atoms. The van der Waals surface area contributed by atoms with E-state index in [1.165, 1.54) is 6.07 Å². The molecule has 0 radical (unpaired) electrons. The van der Waals surface area contributed by atoms with E-state index in [2.05, 4.69) is 20.5 Å². The van der Waals surface area contributed by atoms with Crippen molar-refractivity contribution in [2.75, 3.05) is 36.9 Å². The minimum Gasteiger partial charge on any atom is -0.369 e. The van der Waals surface area contributed by atoms with E-state index in [-0.39, 0.29) is 11.7 Å². The first kappa shape index (κ1) is 16.2. The smallest absolute Gasteiger partial charge is 0.254 e. The standard InChI is InChI=1S/C18H21FN4O/c1-20-18(24)14-5-4-9-21-17(14)22-11-13-8-10-23(12-13)16-7-3-2-6-15(16)19/h2-7,9,13H,8,10-12H2,1H3,(H,20,24)(H,21,22). The topological polar surface area (TPSA) is 57.3 Å². The van der Waals surface area contributed by atoms with Gasteiger partial charge in [0.2, 0.25) is 0 Å². The molecule has 2 heterocycles. The number of carbonyl (C=O) groups is 1. The lowest BCUT2D eigenvalue weighted by Crippen LogP contribution is -2.25. The third kappa shape index (κ3) is 3.48. The fourth-order valence-electron chi connectivity index (χ4n) is 3.03. The van der Waals surface area contributed by atoms with E-state index in [1.54, 1.807) is 31.4 Å². The summed E-state index contributed by atoms with van der Waals surface area (Å²) >= 11 is 0. The highest BCUT2D eigenvalue weighted by molar-refractivity contribution is 5.98. The van der Waals surface area contributed by atoms with Crippen LogP contribution in [-0.2, 0) is 0 Å². The van der Waals surface area contributed by atoms with Crippen LogP contribution >= 0.6 is 0 Å². The molecule has 5 nitrogen and oxygen atoms in total. The molecule has 126 valence electrons. The van der Waals surface area contributed by atoms with Crippen LogP contribution in [-0.4, -0.2) is 37.6 Å². The van der Waals surface area contributed by atoms with Crippen molar-refractivity contribution in [2.45, 2.75) is 6.42 Å². The minimum atomic E-state index is -0.183. The molecular weight excluding hydrogens is 307 g/mol. The maximum Gasteiger partial charge on any atom is 0.254 e. The molecule has 1 aliphatic heterocycles. The Bertz CT molecular complexity index is 722. The van der Waals surface area contributed by atoms with E-state index in [1.807, 2.05) is 12.1 Å². The van der Waals surface area contributed by atoms with Gasteiger partial charge in [0.05, 0.1) is 11.3 Å². The molecule has 1 unspecified atom stereocenters. The number of hydrogen-bond acceptors (Lipinski definition) is 4. The van der Waals surface area contributed by atoms with Gasteiger partial charge in [0.25, 0.3) is 5.91 Å². The van der Waals surface area contributed by atoms with Crippen molar-refractivity contribution in [3.63, 3.8) is 0 Å². The van der Waals surface area contributed by atoms with E-state index in [9.17, 15) is 9.18 Å². The van der Waals surface area contributed by atoms with E-state index in [4.69, 9.17) is 0 Å². The Morgan fingerprint density at radius 1 is 1.33 bits per heavy atom. The van der Waals surface area contributed by atoms with E-state index in [0.717, 1.165) is 19.5 Å². The van der Waals surface area contributed by atoms with Gasteiger partial charge in [-0.1, -0.05) is 12.1 Å². The number of carbonyl (C=O) groups excluding carboxylic acids is 1. The van der Waals surface area contributed by atoms with E-state index < -0.39 is 0 Å². The zero-order valence-corrected chi connectivity index (χ0v) is 13.6. The van der Waals surface area contributed by atoms with Gasteiger partial charge in [-0.25, -0.2) is 9.37 Å². The Hall–Kier alpha value is -2.63. The number of halogens is 1. The summed E-state index contributed by atoms with van der Waals surface area (Å²) in [5.74, 6) is 0.619. The Labute approximate surface area is 140 Å². The number of rotatable bonds is 5. The Morgan fingerprint density at radius 2 is 2.17 bits per heavy atom. The largest absolute Gasteiger partial charge is 0.369 e. The van der Waals surface area contributed by atoms with Crippen molar-refractivity contribution in [2.24, 2.45) is 5.92 Å². The molecule has 1 fully saturated rings. The van der Waals surface area contributed by atoms with Crippen LogP contribution < -0.4 is 15.5 Å². The predicted molar refractivity (Wildman–Crippen MR) is 92.8 cm³/mol. The summed E-state index contributed by atoms with van der Waals surface area (Å²) in [6, 6.07) is 10.3. The fraction of sp³-hybridized carbons (Fsp3) is 0.333. The van der Waals surface area contributed by atoms with Crippen LogP contribution in [0.2, 0.25) is 0 Å². The second-order valence-corrected chi connectivity index (χ2v) is 5.91. The first-order valence-electron chi connectivity index (χ1n) is 8.09. The molecule has 1 amide bonds. The number of pyridine rings is 1. The molecule has 1 atom stereocenters. The minimum absolute atomic E-state index is 0.162. The number of hydrogen-bond donors (Lipinski definition) is 2. The van der Waals surface area contributed by atoms with E-state index >= 15 is 0 Å². The first-order chi connectivity index (χ1) is 11.7. The maximum atomic E-state index is 13.9. The molecule has 1 saturated heterocycles. The molecule has 1 aromatic carbocycles. The molecule has 0 bridgehead atoms. The summed E-state index contributed by atoms with van der Waals surface area (Å²) in [5.41, 5.74) is 1.19. The van der Waals surface area contributed by atoms with Gasteiger partial charge >= 0.3 is 0 Å². The number of amides is 1. The predicted octanol–water partition coefficient (Wildman–Crippen LogP) is 2.52. The molecule has 24 heavy (non-hydrogen) atoms. The van der Waals surface area contributed by atoms with Gasteiger partial charge in [-0.15, -0.1) is 0 Å². The summed E-state index contributed by atoms with van der Waals surface area (Å²) in [5, 5.41) is 5.88. The van der Waals surface area contributed by atoms with Crippen molar-refractivity contribution < 1.29 is 9.18 Å². The SMILES string of the molecule is CNC(=O)c1cccnc1NCC1CCN(c2ccccc2F)C1. The van der Waals surface area contributed by atoms with Gasteiger partial charge < -0.3 is 15.5 Å². The summed E-state index contributed by atoms with van der Waals surface area (Å²) in [6.45, 7) is 2.32. The van der Waals surface area contributed by atoms with Crippen LogP contribution in [0.4, 0.5) is 15.9 Å². The quantitative estimate of drug-likeness (QED) is 0.885. The van der Waals surface area contributed by atoms with Gasteiger partial charge in [0.15, 0.2) is 0 Å². The van der Waals surface area contributed by atoms with Gasteiger partial charge in [0.1, 0.15) is 11.6 Å². The molecule has 1 aromatic heterocycles. The summed E-state index contributed by atoms with van der Waals surface area (Å²) in [4.78, 5) is 18.2. The lowest BCUT2D eigenvalue weighted by atomic mass is 10.1. The third-order valence-corrected chi connectivity index (χ3v) is 4.32. The average Bonchev–Trinajstić information content (AvgIpc) is 3.08. The third-order valence-electron chi connectivity index (χ3n) is 4.32. The Balaban J connectivity index is 1.61. The van der Waals surface area contributed by atoms with Gasteiger partial charge in [-0.3, -0.25) is 4.79 Å². The molecular formula is C18H21FN4O. The average molecular weight is 328 g/mol. The van der Waals surface area contributed by atoms with Crippen molar-refractivity contribution in [1.82, 2.24) is 10.3 Å². The monoisotopic (exact) mass is 328 g/mol. The molecule has 2 N–H and O–H groups in total. The molecule has 2 aromatic rings. The van der Waals surface area contributed by atoms with Crippen LogP contribution in [0.15, 0.2) is 42.6 Å². The van der Waals surface area contributed by atoms with Crippen molar-refractivity contribution >= 4 is 17.4 Å². The van der Waals surface area contributed by atoms with Crippen LogP contribution in [0.5, 0.6) is 0 Å². The molecule has 0 saturated carbocycles. The summed E-state index contributed by atoms with van der Waals surface area (Å²) in [6.07, 6.45) is 2.64. The van der Waals surface area contributed by atoms with Crippen molar-refractivity contribution in [3.8, 4) is 0 Å². The maximum absolute atomic E-state index is 13.9. The number of anilines is 2. The molecule has 1 aliphatic rings. The number of benzene rings is 1. The number of nitrogens with zero attached hydrogens (tertiary/aromatic N) is 2. The van der Waals surface area contributed by atoms with Gasteiger partial charge in [-0.2, -0.15) is 0 Å². The lowest BCUT2D eigenvalue weighted by molar-refractivity contribution is 0.0963. The van der Waals surface area contributed by atoms with Crippen LogP contribution in [0, 0.1) is 11.7 Å². The fourth-order valence-corrected chi connectivity index (χ4v) is 3.03. The second-order valence-electron chi connectivity index (χ2n) is 5.91. The highest BCUT2D eigenvalue weighted by Gasteiger charge is 2.24.